The lowest BCUT2D eigenvalue weighted by Crippen LogP contribution is -2.46. The first kappa shape index (κ1) is 60.8. The summed E-state index contributed by atoms with van der Waals surface area (Å²) >= 11 is 0. The molecule has 3 unspecified atom stereocenters. The number of carbonyl (C=O) groups excluding carboxylic acids is 2. The van der Waals surface area contributed by atoms with Crippen molar-refractivity contribution in [3.8, 4) is 0 Å². The third-order valence-electron chi connectivity index (χ3n) is 12.4. The van der Waals surface area contributed by atoms with Gasteiger partial charge in [0.05, 0.1) is 25.2 Å². The quantitative estimate of drug-likeness (QED) is 0.0321. The summed E-state index contributed by atoms with van der Waals surface area (Å²) in [4.78, 5) is 26.2. The Bertz CT molecular complexity index is 1080. The van der Waals surface area contributed by atoms with Crippen LogP contribution in [0.25, 0.3) is 0 Å². The van der Waals surface area contributed by atoms with E-state index in [2.05, 4.69) is 74.7 Å². The molecule has 368 valence electrons. The van der Waals surface area contributed by atoms with E-state index in [1.807, 2.05) is 0 Å². The van der Waals surface area contributed by atoms with E-state index >= 15 is 0 Å². The first-order valence-electron chi connectivity index (χ1n) is 27.4. The lowest BCUT2D eigenvalue weighted by atomic mass is 10.0. The van der Waals surface area contributed by atoms with Crippen molar-refractivity contribution < 1.29 is 24.5 Å². The Morgan fingerprint density at radius 3 is 1.32 bits per heavy atom. The van der Waals surface area contributed by atoms with E-state index in [0.29, 0.717) is 19.3 Å². The Morgan fingerprint density at radius 2 is 0.857 bits per heavy atom. The van der Waals surface area contributed by atoms with Gasteiger partial charge in [0, 0.05) is 6.42 Å². The van der Waals surface area contributed by atoms with E-state index < -0.39 is 18.2 Å². The van der Waals surface area contributed by atoms with Crippen LogP contribution in [-0.4, -0.2) is 46.9 Å². The third-order valence-corrected chi connectivity index (χ3v) is 12.4. The summed E-state index contributed by atoms with van der Waals surface area (Å²) in [6.07, 6.45) is 61.8. The van der Waals surface area contributed by atoms with Crippen LogP contribution in [0.1, 0.15) is 278 Å². The molecule has 3 N–H and O–H groups in total. The van der Waals surface area contributed by atoms with Gasteiger partial charge in [-0.3, -0.25) is 9.59 Å². The summed E-state index contributed by atoms with van der Waals surface area (Å²) in [6, 6.07) is -0.708. The van der Waals surface area contributed by atoms with Crippen LogP contribution in [0.3, 0.4) is 0 Å². The van der Waals surface area contributed by atoms with Crippen LogP contribution >= 0.6 is 0 Å². The van der Waals surface area contributed by atoms with Crippen molar-refractivity contribution in [2.24, 2.45) is 0 Å². The lowest BCUT2D eigenvalue weighted by molar-refractivity contribution is -0.151. The van der Waals surface area contributed by atoms with Gasteiger partial charge in [0.2, 0.25) is 5.91 Å². The molecular formula is C57H105NO5. The molecule has 1 amide bonds. The summed E-state index contributed by atoms with van der Waals surface area (Å²) in [6.45, 7) is 6.37. The third kappa shape index (κ3) is 46.2. The maximum Gasteiger partial charge on any atom is 0.306 e. The number of amides is 1. The highest BCUT2D eigenvalue weighted by atomic mass is 16.5. The van der Waals surface area contributed by atoms with Crippen molar-refractivity contribution in [2.75, 3.05) is 6.61 Å². The second-order valence-electron chi connectivity index (χ2n) is 18.6. The highest BCUT2D eigenvalue weighted by Gasteiger charge is 2.24. The van der Waals surface area contributed by atoms with Crippen LogP contribution in [0.5, 0.6) is 0 Å². The second kappa shape index (κ2) is 50.8. The normalized spacial score (nSPS) is 13.5. The minimum atomic E-state index is -0.793. The Kier molecular flexibility index (Phi) is 49.1. The molecule has 0 aliphatic heterocycles. The second-order valence-corrected chi connectivity index (χ2v) is 18.6. The van der Waals surface area contributed by atoms with Crippen molar-refractivity contribution in [1.82, 2.24) is 5.32 Å². The van der Waals surface area contributed by atoms with Crippen LogP contribution in [0.2, 0.25) is 0 Å². The number of aliphatic hydroxyl groups is 2. The zero-order valence-electron chi connectivity index (χ0n) is 42.0. The zero-order valence-corrected chi connectivity index (χ0v) is 42.0. The molecule has 0 saturated heterocycles. The SMILES string of the molecule is CC/C=C/C/C=C/C/C=C/CCCCCCC(CC(=O)NC(CO)C(O)CCCCCCCCCCCCC)OC(=O)CCCCCCCCCCC/C=C/CCCCCCCC. The molecule has 0 spiro atoms. The molecular weight excluding hydrogens is 779 g/mol. The Morgan fingerprint density at radius 1 is 0.476 bits per heavy atom. The van der Waals surface area contributed by atoms with Crippen molar-refractivity contribution in [2.45, 2.75) is 296 Å². The Balaban J connectivity index is 4.54. The Labute approximate surface area is 391 Å². The fraction of sp³-hybridized carbons (Fsp3) is 0.825. The molecule has 0 heterocycles. The van der Waals surface area contributed by atoms with Crippen LogP contribution in [0, 0.1) is 0 Å². The summed E-state index contributed by atoms with van der Waals surface area (Å²) < 4.78 is 5.94. The van der Waals surface area contributed by atoms with Gasteiger partial charge < -0.3 is 20.3 Å². The summed E-state index contributed by atoms with van der Waals surface area (Å²) in [5.74, 6) is -0.491. The molecule has 0 aromatic rings. The van der Waals surface area contributed by atoms with Gasteiger partial charge in [-0.05, 0) is 83.5 Å². The molecule has 6 nitrogen and oxygen atoms in total. The lowest BCUT2D eigenvalue weighted by Gasteiger charge is -2.24. The maximum atomic E-state index is 13.2. The zero-order chi connectivity index (χ0) is 45.9. The molecule has 0 saturated carbocycles. The van der Waals surface area contributed by atoms with Crippen molar-refractivity contribution in [1.29, 1.82) is 0 Å². The largest absolute Gasteiger partial charge is 0.462 e. The molecule has 3 atom stereocenters. The van der Waals surface area contributed by atoms with E-state index in [1.54, 1.807) is 0 Å². The van der Waals surface area contributed by atoms with Gasteiger partial charge >= 0.3 is 5.97 Å². The van der Waals surface area contributed by atoms with Crippen LogP contribution in [0.15, 0.2) is 48.6 Å². The first-order chi connectivity index (χ1) is 31.0. The van der Waals surface area contributed by atoms with Gasteiger partial charge in [0.25, 0.3) is 0 Å². The predicted octanol–water partition coefficient (Wildman–Crippen LogP) is 16.6. The number of unbranched alkanes of at least 4 members (excludes halogenated alkanes) is 29. The monoisotopic (exact) mass is 884 g/mol. The minimum absolute atomic E-state index is 0.0629. The molecule has 0 rings (SSSR count). The van der Waals surface area contributed by atoms with Gasteiger partial charge in [0.15, 0.2) is 0 Å². The average molecular weight is 884 g/mol. The highest BCUT2D eigenvalue weighted by Crippen LogP contribution is 2.18. The first-order valence-corrected chi connectivity index (χ1v) is 27.4. The number of nitrogens with one attached hydrogen (secondary N) is 1. The smallest absolute Gasteiger partial charge is 0.306 e. The number of aliphatic hydroxyl groups excluding tert-OH is 2. The fourth-order valence-electron chi connectivity index (χ4n) is 8.26. The van der Waals surface area contributed by atoms with Gasteiger partial charge in [-0.1, -0.05) is 230 Å². The minimum Gasteiger partial charge on any atom is -0.462 e. The van der Waals surface area contributed by atoms with Crippen LogP contribution < -0.4 is 5.32 Å². The topological polar surface area (TPSA) is 95.9 Å². The van der Waals surface area contributed by atoms with Gasteiger partial charge in [-0.15, -0.1) is 0 Å². The van der Waals surface area contributed by atoms with Crippen LogP contribution in [0.4, 0.5) is 0 Å². The standard InChI is InChI=1S/C57H105NO5/c1-4-7-10-13-16-19-22-24-26-27-28-29-30-32-35-38-41-44-47-50-57(62)63-53(48-45-42-39-36-34-31-25-23-20-17-14-11-8-5-2)51-56(61)58-54(52-59)55(60)49-46-43-40-37-33-21-18-15-12-9-6-3/h8,11,17,20,24-26,31,53-55,59-60H,4-7,9-10,12-16,18-19,21-23,27-30,32-52H2,1-3H3,(H,58,61)/b11-8+,20-17+,26-24+,31-25+. The number of ether oxygens (including phenoxy) is 1. The maximum absolute atomic E-state index is 13.2. The number of allylic oxidation sites excluding steroid dienone is 8. The molecule has 6 heteroatoms. The van der Waals surface area contributed by atoms with Crippen molar-refractivity contribution >= 4 is 11.9 Å². The molecule has 0 aliphatic carbocycles. The van der Waals surface area contributed by atoms with E-state index in [-0.39, 0.29) is 24.9 Å². The molecule has 0 aromatic heterocycles. The van der Waals surface area contributed by atoms with E-state index in [0.717, 1.165) is 89.9 Å². The molecule has 0 aliphatic rings. The van der Waals surface area contributed by atoms with E-state index in [1.165, 1.54) is 141 Å². The molecule has 0 radical (unpaired) electrons. The highest BCUT2D eigenvalue weighted by molar-refractivity contribution is 5.77. The fourth-order valence-corrected chi connectivity index (χ4v) is 8.26. The molecule has 0 fully saturated rings. The van der Waals surface area contributed by atoms with E-state index in [4.69, 9.17) is 4.74 Å². The van der Waals surface area contributed by atoms with Crippen molar-refractivity contribution in [3.05, 3.63) is 48.6 Å². The average Bonchev–Trinajstić information content (AvgIpc) is 3.28. The van der Waals surface area contributed by atoms with E-state index in [9.17, 15) is 19.8 Å². The molecule has 0 aromatic carbocycles. The van der Waals surface area contributed by atoms with Gasteiger partial charge in [-0.2, -0.15) is 0 Å². The van der Waals surface area contributed by atoms with Crippen LogP contribution in [-0.2, 0) is 14.3 Å². The number of hydrogen-bond acceptors (Lipinski definition) is 5. The molecule has 0 bridgehead atoms. The summed E-state index contributed by atoms with van der Waals surface area (Å²) in [5, 5.41) is 23.8. The summed E-state index contributed by atoms with van der Waals surface area (Å²) in [7, 11) is 0. The number of esters is 1. The molecule has 63 heavy (non-hydrogen) atoms. The summed E-state index contributed by atoms with van der Waals surface area (Å²) in [5.41, 5.74) is 0. The van der Waals surface area contributed by atoms with Crippen molar-refractivity contribution in [3.63, 3.8) is 0 Å². The number of rotatable bonds is 49. The number of carbonyl (C=O) groups is 2. The van der Waals surface area contributed by atoms with Gasteiger partial charge in [-0.25, -0.2) is 0 Å². The number of hydrogen-bond donors (Lipinski definition) is 3. The van der Waals surface area contributed by atoms with Gasteiger partial charge in [0.1, 0.15) is 6.10 Å². The predicted molar refractivity (Wildman–Crippen MR) is 273 cm³/mol. The Hall–Kier alpha value is -2.18.